The van der Waals surface area contributed by atoms with Gasteiger partial charge in [-0.2, -0.15) is 0 Å². The first-order chi connectivity index (χ1) is 20.3. The second-order valence-corrected chi connectivity index (χ2v) is 9.89. The lowest BCUT2D eigenvalue weighted by molar-refractivity contribution is 0.667. The summed E-state index contributed by atoms with van der Waals surface area (Å²) >= 11 is 0. The molecule has 0 saturated carbocycles. The molecular weight excluding hydrogens is 504 g/mol. The molecule has 0 aliphatic carbocycles. The van der Waals surface area contributed by atoms with Crippen molar-refractivity contribution < 1.29 is 4.42 Å². The Balaban J connectivity index is 1.28. The SMILES string of the molecule is c1ccc(-c2nc(-c3ccc(-c4nc(-c5ccccc5)c5ccccc5n4)cc3)c3oc4ccccc4c3n2)cc1. The highest BCUT2D eigenvalue weighted by Crippen LogP contribution is 2.36. The van der Waals surface area contributed by atoms with Crippen LogP contribution in [-0.4, -0.2) is 19.9 Å². The average molecular weight is 527 g/mol. The zero-order chi connectivity index (χ0) is 27.2. The van der Waals surface area contributed by atoms with Crippen LogP contribution >= 0.6 is 0 Å². The average Bonchev–Trinajstić information content (AvgIpc) is 3.43. The number of rotatable bonds is 4. The van der Waals surface area contributed by atoms with Crippen molar-refractivity contribution in [1.82, 2.24) is 19.9 Å². The number of aromatic nitrogens is 4. The summed E-state index contributed by atoms with van der Waals surface area (Å²) in [6.07, 6.45) is 0. The second kappa shape index (κ2) is 9.50. The molecule has 8 rings (SSSR count). The van der Waals surface area contributed by atoms with E-state index in [1.807, 2.05) is 103 Å². The largest absolute Gasteiger partial charge is 0.452 e. The molecule has 192 valence electrons. The Hall–Kier alpha value is -5.68. The van der Waals surface area contributed by atoms with Crippen molar-refractivity contribution >= 4 is 33.0 Å². The summed E-state index contributed by atoms with van der Waals surface area (Å²) in [5.74, 6) is 1.34. The van der Waals surface area contributed by atoms with Gasteiger partial charge in [-0.1, -0.05) is 115 Å². The molecule has 0 radical (unpaired) electrons. The van der Waals surface area contributed by atoms with Gasteiger partial charge in [0.15, 0.2) is 17.2 Å². The van der Waals surface area contributed by atoms with Crippen molar-refractivity contribution in [3.63, 3.8) is 0 Å². The van der Waals surface area contributed by atoms with Crippen LogP contribution < -0.4 is 0 Å². The van der Waals surface area contributed by atoms with Crippen LogP contribution in [0.25, 0.3) is 78.3 Å². The molecule has 3 aromatic heterocycles. The zero-order valence-corrected chi connectivity index (χ0v) is 21.9. The number of fused-ring (bicyclic) bond motifs is 4. The second-order valence-electron chi connectivity index (χ2n) is 9.89. The van der Waals surface area contributed by atoms with Gasteiger partial charge in [-0.05, 0) is 18.2 Å². The first kappa shape index (κ1) is 23.2. The Labute approximate surface area is 235 Å². The van der Waals surface area contributed by atoms with Crippen molar-refractivity contribution in [2.45, 2.75) is 0 Å². The van der Waals surface area contributed by atoms with Gasteiger partial charge < -0.3 is 4.42 Å². The standard InChI is InChI=1S/C36H22N4O/c1-3-11-23(12-4-1)31-27-15-7-9-17-29(27)37-35(38-31)26-21-19-24(20-22-26)32-34-33(28-16-8-10-18-30(28)41-34)40-36(39-32)25-13-5-2-6-14-25/h1-22H. The molecule has 0 N–H and O–H groups in total. The maximum atomic E-state index is 6.31. The fraction of sp³-hybridized carbons (Fsp3) is 0. The van der Waals surface area contributed by atoms with Crippen LogP contribution in [0, 0.1) is 0 Å². The molecule has 0 spiro atoms. The minimum atomic E-state index is 0.661. The Morgan fingerprint density at radius 2 is 0.927 bits per heavy atom. The van der Waals surface area contributed by atoms with E-state index < -0.39 is 0 Å². The minimum absolute atomic E-state index is 0.661. The molecule has 8 aromatic rings. The Morgan fingerprint density at radius 3 is 1.71 bits per heavy atom. The van der Waals surface area contributed by atoms with Gasteiger partial charge >= 0.3 is 0 Å². The number of benzene rings is 5. The predicted molar refractivity (Wildman–Crippen MR) is 164 cm³/mol. The first-order valence-electron chi connectivity index (χ1n) is 13.5. The van der Waals surface area contributed by atoms with E-state index in [2.05, 4.69) is 30.3 Å². The van der Waals surface area contributed by atoms with Gasteiger partial charge in [0.25, 0.3) is 0 Å². The third kappa shape index (κ3) is 4.03. The molecular formula is C36H22N4O. The van der Waals surface area contributed by atoms with Crippen LogP contribution in [-0.2, 0) is 0 Å². The summed E-state index contributed by atoms with van der Waals surface area (Å²) in [4.78, 5) is 19.9. The molecule has 0 bridgehead atoms. The molecule has 0 atom stereocenters. The summed E-state index contributed by atoms with van der Waals surface area (Å²) in [5.41, 5.74) is 8.72. The molecule has 0 amide bonds. The number of hydrogen-bond donors (Lipinski definition) is 0. The first-order valence-corrected chi connectivity index (χ1v) is 13.5. The van der Waals surface area contributed by atoms with Crippen LogP contribution in [0.2, 0.25) is 0 Å². The summed E-state index contributed by atoms with van der Waals surface area (Å²) < 4.78 is 6.31. The fourth-order valence-corrected chi connectivity index (χ4v) is 5.30. The molecule has 5 aromatic carbocycles. The normalized spacial score (nSPS) is 11.4. The van der Waals surface area contributed by atoms with Crippen LogP contribution in [0.15, 0.2) is 138 Å². The number of hydrogen-bond acceptors (Lipinski definition) is 5. The maximum Gasteiger partial charge on any atom is 0.180 e. The van der Waals surface area contributed by atoms with E-state index in [0.29, 0.717) is 17.2 Å². The molecule has 5 heteroatoms. The Bertz CT molecular complexity index is 2190. The highest BCUT2D eigenvalue weighted by atomic mass is 16.3. The maximum absolute atomic E-state index is 6.31. The van der Waals surface area contributed by atoms with Crippen LogP contribution in [0.4, 0.5) is 0 Å². The lowest BCUT2D eigenvalue weighted by Gasteiger charge is -2.10. The quantitative estimate of drug-likeness (QED) is 0.229. The molecule has 0 saturated heterocycles. The molecule has 5 nitrogen and oxygen atoms in total. The highest BCUT2D eigenvalue weighted by molar-refractivity contribution is 6.07. The summed E-state index contributed by atoms with van der Waals surface area (Å²) in [7, 11) is 0. The molecule has 0 fully saturated rings. The van der Waals surface area contributed by atoms with Gasteiger partial charge in [-0.15, -0.1) is 0 Å². The molecule has 0 unspecified atom stereocenters. The van der Waals surface area contributed by atoms with E-state index in [1.165, 1.54) is 0 Å². The minimum Gasteiger partial charge on any atom is -0.452 e. The van der Waals surface area contributed by atoms with Crippen LogP contribution in [0.1, 0.15) is 0 Å². The van der Waals surface area contributed by atoms with Crippen molar-refractivity contribution in [3.05, 3.63) is 133 Å². The third-order valence-electron chi connectivity index (χ3n) is 7.32. The topological polar surface area (TPSA) is 64.7 Å². The fourth-order valence-electron chi connectivity index (χ4n) is 5.30. The summed E-state index contributed by atoms with van der Waals surface area (Å²) in [5, 5.41) is 2.00. The van der Waals surface area contributed by atoms with Crippen molar-refractivity contribution in [3.8, 4) is 45.3 Å². The van der Waals surface area contributed by atoms with Gasteiger partial charge in [0, 0.05) is 33.0 Å². The van der Waals surface area contributed by atoms with Gasteiger partial charge in [0.2, 0.25) is 0 Å². The van der Waals surface area contributed by atoms with E-state index in [4.69, 9.17) is 24.4 Å². The van der Waals surface area contributed by atoms with Gasteiger partial charge in [0.05, 0.1) is 11.2 Å². The molecule has 0 aliphatic rings. The predicted octanol–water partition coefficient (Wildman–Crippen LogP) is 8.99. The Kier molecular flexibility index (Phi) is 5.38. The number of para-hydroxylation sites is 2. The van der Waals surface area contributed by atoms with E-state index in [1.54, 1.807) is 0 Å². The highest BCUT2D eigenvalue weighted by Gasteiger charge is 2.18. The lowest BCUT2D eigenvalue weighted by atomic mass is 10.0. The van der Waals surface area contributed by atoms with Gasteiger partial charge in [-0.3, -0.25) is 0 Å². The van der Waals surface area contributed by atoms with Crippen molar-refractivity contribution in [2.24, 2.45) is 0 Å². The van der Waals surface area contributed by atoms with Gasteiger partial charge in [-0.25, -0.2) is 19.9 Å². The van der Waals surface area contributed by atoms with Crippen molar-refractivity contribution in [2.75, 3.05) is 0 Å². The molecule has 3 heterocycles. The van der Waals surface area contributed by atoms with Crippen LogP contribution in [0.5, 0.6) is 0 Å². The van der Waals surface area contributed by atoms with Gasteiger partial charge in [0.1, 0.15) is 16.8 Å². The summed E-state index contributed by atoms with van der Waals surface area (Å²) in [6, 6.07) is 44.6. The van der Waals surface area contributed by atoms with E-state index >= 15 is 0 Å². The van der Waals surface area contributed by atoms with E-state index in [-0.39, 0.29) is 0 Å². The van der Waals surface area contributed by atoms with Crippen LogP contribution in [0.3, 0.4) is 0 Å². The smallest absolute Gasteiger partial charge is 0.180 e. The number of furan rings is 1. The van der Waals surface area contributed by atoms with Crippen molar-refractivity contribution in [1.29, 1.82) is 0 Å². The zero-order valence-electron chi connectivity index (χ0n) is 21.9. The monoisotopic (exact) mass is 526 g/mol. The number of nitrogens with zero attached hydrogens (tertiary/aromatic N) is 4. The lowest BCUT2D eigenvalue weighted by Crippen LogP contribution is -1.96. The third-order valence-corrected chi connectivity index (χ3v) is 7.32. The Morgan fingerprint density at radius 1 is 0.390 bits per heavy atom. The van der Waals surface area contributed by atoms with E-state index in [9.17, 15) is 0 Å². The molecule has 41 heavy (non-hydrogen) atoms. The molecule has 0 aliphatic heterocycles. The van der Waals surface area contributed by atoms with E-state index in [0.717, 1.165) is 61.0 Å². The summed E-state index contributed by atoms with van der Waals surface area (Å²) in [6.45, 7) is 0.